The summed E-state index contributed by atoms with van der Waals surface area (Å²) >= 11 is 1.26. The van der Waals surface area contributed by atoms with Gasteiger partial charge in [-0.1, -0.05) is 30.0 Å². The lowest BCUT2D eigenvalue weighted by molar-refractivity contribution is -0.145. The Bertz CT molecular complexity index is 973. The van der Waals surface area contributed by atoms with Crippen LogP contribution in [-0.4, -0.2) is 45.8 Å². The minimum Gasteiger partial charge on any atom is -0.462 e. The van der Waals surface area contributed by atoms with Crippen LogP contribution in [-0.2, 0) is 14.3 Å². The topological polar surface area (TPSA) is 66.2 Å². The summed E-state index contributed by atoms with van der Waals surface area (Å²) in [6.45, 7) is 1.01. The summed E-state index contributed by atoms with van der Waals surface area (Å²) < 4.78 is 26.2. The van der Waals surface area contributed by atoms with Crippen LogP contribution in [0.4, 0.5) is 4.39 Å². The van der Waals surface area contributed by atoms with Crippen LogP contribution in [0.5, 0.6) is 0 Å². The van der Waals surface area contributed by atoms with E-state index < -0.39 is 0 Å². The zero-order chi connectivity index (χ0) is 20.8. The van der Waals surface area contributed by atoms with E-state index >= 15 is 0 Å². The van der Waals surface area contributed by atoms with Crippen LogP contribution < -0.4 is 0 Å². The summed E-state index contributed by atoms with van der Waals surface area (Å²) in [7, 11) is 0. The number of carbonyl (C=O) groups is 1. The number of esters is 1. The number of nitrogens with zero attached hydrogens (tertiary/aromatic N) is 3. The minimum atomic E-state index is -0.319. The van der Waals surface area contributed by atoms with Gasteiger partial charge in [-0.15, -0.1) is 10.2 Å². The van der Waals surface area contributed by atoms with Gasteiger partial charge in [0.1, 0.15) is 12.4 Å². The molecule has 2 heterocycles. The van der Waals surface area contributed by atoms with Gasteiger partial charge >= 0.3 is 5.97 Å². The number of rotatable bonds is 7. The third kappa shape index (κ3) is 5.06. The lowest BCUT2D eigenvalue weighted by atomic mass is 10.1. The molecule has 3 aromatic rings. The van der Waals surface area contributed by atoms with E-state index in [0.717, 1.165) is 37.1 Å². The first kappa shape index (κ1) is 20.6. The number of thioether (sulfide) groups is 1. The number of aromatic nitrogens is 3. The number of benzene rings is 2. The Hall–Kier alpha value is -2.71. The van der Waals surface area contributed by atoms with Crippen molar-refractivity contribution in [2.75, 3.05) is 19.0 Å². The van der Waals surface area contributed by atoms with Crippen molar-refractivity contribution in [3.05, 3.63) is 60.4 Å². The van der Waals surface area contributed by atoms with Crippen molar-refractivity contribution in [2.45, 2.75) is 30.5 Å². The van der Waals surface area contributed by atoms with Crippen LogP contribution in [0, 0.1) is 5.82 Å². The van der Waals surface area contributed by atoms with Gasteiger partial charge in [0.15, 0.2) is 11.0 Å². The van der Waals surface area contributed by atoms with Crippen molar-refractivity contribution in [2.24, 2.45) is 0 Å². The molecule has 8 heteroatoms. The summed E-state index contributed by atoms with van der Waals surface area (Å²) in [6.07, 6.45) is 3.07. The van der Waals surface area contributed by atoms with Gasteiger partial charge in [-0.05, 0) is 55.7 Å². The van der Waals surface area contributed by atoms with Crippen LogP contribution >= 0.6 is 11.8 Å². The largest absolute Gasteiger partial charge is 0.462 e. The summed E-state index contributed by atoms with van der Waals surface area (Å²) in [5.74, 6) is 0.0535. The first-order valence-corrected chi connectivity index (χ1v) is 10.9. The van der Waals surface area contributed by atoms with Gasteiger partial charge in [-0.3, -0.25) is 9.36 Å². The van der Waals surface area contributed by atoms with Crippen molar-refractivity contribution in [1.82, 2.24) is 14.8 Å². The molecule has 0 radical (unpaired) electrons. The predicted octanol–water partition coefficient (Wildman–Crippen LogP) is 4.28. The molecule has 6 nitrogen and oxygen atoms in total. The Morgan fingerprint density at radius 1 is 1.13 bits per heavy atom. The molecular formula is C22H22FN3O3S. The van der Waals surface area contributed by atoms with Gasteiger partial charge in [-0.2, -0.15) is 0 Å². The van der Waals surface area contributed by atoms with Crippen molar-refractivity contribution in [1.29, 1.82) is 0 Å². The molecule has 0 amide bonds. The first-order chi connectivity index (χ1) is 14.7. The lowest BCUT2D eigenvalue weighted by Crippen LogP contribution is -2.26. The second-order valence-electron chi connectivity index (χ2n) is 6.94. The second kappa shape index (κ2) is 9.86. The quantitative estimate of drug-likeness (QED) is 0.414. The van der Waals surface area contributed by atoms with Crippen LogP contribution in [0.25, 0.3) is 17.1 Å². The van der Waals surface area contributed by atoms with Gasteiger partial charge in [-0.25, -0.2) is 4.39 Å². The van der Waals surface area contributed by atoms with Crippen molar-refractivity contribution in [3.8, 4) is 17.1 Å². The maximum atomic E-state index is 13.3. The van der Waals surface area contributed by atoms with Gasteiger partial charge < -0.3 is 9.47 Å². The second-order valence-corrected chi connectivity index (χ2v) is 7.89. The molecule has 0 saturated carbocycles. The highest BCUT2D eigenvalue weighted by Gasteiger charge is 2.19. The first-order valence-electron chi connectivity index (χ1n) is 9.87. The zero-order valence-corrected chi connectivity index (χ0v) is 17.2. The molecular weight excluding hydrogens is 405 g/mol. The molecule has 1 atom stereocenters. The smallest absolute Gasteiger partial charge is 0.316 e. The van der Waals surface area contributed by atoms with Crippen LogP contribution in [0.15, 0.2) is 59.8 Å². The molecule has 1 aliphatic heterocycles. The molecule has 0 N–H and O–H groups in total. The molecule has 4 rings (SSSR count). The molecule has 30 heavy (non-hydrogen) atoms. The molecule has 1 fully saturated rings. The van der Waals surface area contributed by atoms with Crippen LogP contribution in [0.1, 0.15) is 19.3 Å². The fraction of sp³-hybridized carbons (Fsp3) is 0.318. The highest BCUT2D eigenvalue weighted by atomic mass is 32.2. The average molecular weight is 428 g/mol. The molecule has 2 aromatic carbocycles. The highest BCUT2D eigenvalue weighted by Crippen LogP contribution is 2.28. The molecule has 1 aromatic heterocycles. The summed E-state index contributed by atoms with van der Waals surface area (Å²) in [5.41, 5.74) is 1.59. The Labute approximate surface area is 178 Å². The number of hydrogen-bond donors (Lipinski definition) is 0. The molecule has 1 aliphatic rings. The van der Waals surface area contributed by atoms with E-state index in [1.807, 2.05) is 34.9 Å². The number of hydrogen-bond acceptors (Lipinski definition) is 6. The Balaban J connectivity index is 1.48. The van der Waals surface area contributed by atoms with Gasteiger partial charge in [0.2, 0.25) is 0 Å². The lowest BCUT2D eigenvalue weighted by Gasteiger charge is -2.21. The molecule has 0 aliphatic carbocycles. The number of para-hydroxylation sites is 1. The predicted molar refractivity (Wildman–Crippen MR) is 112 cm³/mol. The van der Waals surface area contributed by atoms with E-state index in [1.165, 1.54) is 23.9 Å². The van der Waals surface area contributed by atoms with Crippen molar-refractivity contribution in [3.63, 3.8) is 0 Å². The summed E-state index contributed by atoms with van der Waals surface area (Å²) in [4.78, 5) is 12.2. The molecule has 1 unspecified atom stereocenters. The number of carbonyl (C=O) groups excluding carboxylic acids is 1. The molecule has 1 saturated heterocycles. The van der Waals surface area contributed by atoms with Crippen molar-refractivity contribution >= 4 is 17.7 Å². The van der Waals surface area contributed by atoms with E-state index in [1.54, 1.807) is 12.1 Å². The van der Waals surface area contributed by atoms with E-state index in [9.17, 15) is 9.18 Å². The van der Waals surface area contributed by atoms with E-state index in [-0.39, 0.29) is 30.3 Å². The van der Waals surface area contributed by atoms with Gasteiger partial charge in [0, 0.05) is 17.9 Å². The fourth-order valence-electron chi connectivity index (χ4n) is 3.25. The number of ether oxygens (including phenoxy) is 2. The molecule has 0 spiro atoms. The SMILES string of the molecule is O=C(CSc1nnc(-c2ccc(F)cc2)n1-c1ccccc1)OCC1CCCCO1. The monoisotopic (exact) mass is 427 g/mol. The van der Waals surface area contributed by atoms with Crippen molar-refractivity contribution < 1.29 is 18.7 Å². The van der Waals surface area contributed by atoms with Gasteiger partial charge in [0.25, 0.3) is 0 Å². The van der Waals surface area contributed by atoms with E-state index in [2.05, 4.69) is 10.2 Å². The van der Waals surface area contributed by atoms with E-state index in [4.69, 9.17) is 9.47 Å². The average Bonchev–Trinajstić information content (AvgIpc) is 3.22. The third-order valence-electron chi connectivity index (χ3n) is 4.77. The highest BCUT2D eigenvalue weighted by molar-refractivity contribution is 7.99. The Morgan fingerprint density at radius 2 is 1.93 bits per heavy atom. The minimum absolute atomic E-state index is 0.00856. The molecule has 0 bridgehead atoms. The normalized spacial score (nSPS) is 16.4. The van der Waals surface area contributed by atoms with Crippen LogP contribution in [0.2, 0.25) is 0 Å². The Morgan fingerprint density at radius 3 is 2.67 bits per heavy atom. The third-order valence-corrected chi connectivity index (χ3v) is 5.68. The van der Waals surface area contributed by atoms with E-state index in [0.29, 0.717) is 11.0 Å². The van der Waals surface area contributed by atoms with Gasteiger partial charge in [0.05, 0.1) is 11.9 Å². The zero-order valence-electron chi connectivity index (χ0n) is 16.4. The van der Waals surface area contributed by atoms with Crippen LogP contribution in [0.3, 0.4) is 0 Å². The fourth-order valence-corrected chi connectivity index (χ4v) is 4.00. The summed E-state index contributed by atoms with van der Waals surface area (Å²) in [6, 6.07) is 15.7. The Kier molecular flexibility index (Phi) is 6.76. The maximum Gasteiger partial charge on any atom is 0.316 e. The summed E-state index contributed by atoms with van der Waals surface area (Å²) in [5, 5.41) is 9.11. The molecule has 156 valence electrons. The maximum absolute atomic E-state index is 13.3. The number of halogens is 1. The standard InChI is InChI=1S/C22H22FN3O3S/c23-17-11-9-16(10-12-17)21-24-25-22(26(21)18-6-2-1-3-7-18)30-15-20(27)29-14-19-8-4-5-13-28-19/h1-3,6-7,9-12,19H,4-5,8,13-15H2.